The van der Waals surface area contributed by atoms with Crippen molar-refractivity contribution in [2.45, 2.75) is 25.3 Å². The maximum absolute atomic E-state index is 13.6. The number of nitriles is 1. The van der Waals surface area contributed by atoms with Crippen LogP contribution in [-0.2, 0) is 0 Å². The SMILES string of the molecule is N#CC(c1c(F)cc(F)cc1F)N1CCCCC1. The third kappa shape index (κ3) is 2.49. The Hall–Kier alpha value is -1.54. The summed E-state index contributed by atoms with van der Waals surface area (Å²) in [5.74, 6) is -2.96. The minimum Gasteiger partial charge on any atom is -0.284 e. The van der Waals surface area contributed by atoms with Gasteiger partial charge in [-0.15, -0.1) is 0 Å². The second-order valence-corrected chi connectivity index (χ2v) is 4.41. The second kappa shape index (κ2) is 5.40. The first-order valence-electron chi connectivity index (χ1n) is 5.91. The molecule has 1 atom stereocenters. The van der Waals surface area contributed by atoms with Crippen molar-refractivity contribution in [2.75, 3.05) is 13.1 Å². The van der Waals surface area contributed by atoms with E-state index < -0.39 is 23.5 Å². The lowest BCUT2D eigenvalue weighted by molar-refractivity contribution is 0.190. The van der Waals surface area contributed by atoms with E-state index in [1.165, 1.54) is 0 Å². The highest BCUT2D eigenvalue weighted by Gasteiger charge is 2.27. The molecule has 0 bridgehead atoms. The molecule has 1 saturated heterocycles. The van der Waals surface area contributed by atoms with Crippen molar-refractivity contribution in [2.24, 2.45) is 0 Å². The number of halogens is 3. The summed E-state index contributed by atoms with van der Waals surface area (Å²) in [6.45, 7) is 1.27. The topological polar surface area (TPSA) is 27.0 Å². The quantitative estimate of drug-likeness (QED) is 0.810. The van der Waals surface area contributed by atoms with Crippen LogP contribution in [-0.4, -0.2) is 18.0 Å². The molecule has 0 amide bonds. The molecule has 96 valence electrons. The Balaban J connectivity index is 2.36. The van der Waals surface area contributed by atoms with E-state index in [0.717, 1.165) is 19.3 Å². The molecule has 18 heavy (non-hydrogen) atoms. The van der Waals surface area contributed by atoms with Gasteiger partial charge in [0, 0.05) is 12.1 Å². The van der Waals surface area contributed by atoms with Gasteiger partial charge < -0.3 is 0 Å². The fourth-order valence-electron chi connectivity index (χ4n) is 2.32. The number of hydrogen-bond donors (Lipinski definition) is 0. The lowest BCUT2D eigenvalue weighted by Gasteiger charge is -2.30. The molecule has 1 unspecified atom stereocenters. The molecule has 1 heterocycles. The first-order chi connectivity index (χ1) is 8.63. The summed E-state index contributed by atoms with van der Waals surface area (Å²) in [5.41, 5.74) is -0.346. The van der Waals surface area contributed by atoms with Gasteiger partial charge in [-0.1, -0.05) is 6.42 Å². The van der Waals surface area contributed by atoms with Gasteiger partial charge in [-0.3, -0.25) is 4.90 Å². The zero-order valence-electron chi connectivity index (χ0n) is 9.80. The predicted molar refractivity (Wildman–Crippen MR) is 60.1 cm³/mol. The fourth-order valence-corrected chi connectivity index (χ4v) is 2.32. The molecule has 1 aromatic carbocycles. The van der Waals surface area contributed by atoms with Gasteiger partial charge in [0.05, 0.1) is 11.6 Å². The molecule has 0 radical (unpaired) electrons. The number of likely N-dealkylation sites (tertiary alicyclic amines) is 1. The van der Waals surface area contributed by atoms with E-state index in [9.17, 15) is 13.2 Å². The van der Waals surface area contributed by atoms with E-state index in [-0.39, 0.29) is 5.56 Å². The molecule has 0 spiro atoms. The van der Waals surface area contributed by atoms with E-state index in [1.807, 2.05) is 6.07 Å². The van der Waals surface area contributed by atoms with E-state index in [4.69, 9.17) is 5.26 Å². The Morgan fingerprint density at radius 1 is 1.06 bits per heavy atom. The van der Waals surface area contributed by atoms with Crippen LogP contribution < -0.4 is 0 Å². The summed E-state index contributed by atoms with van der Waals surface area (Å²) >= 11 is 0. The molecule has 1 aromatic rings. The molecule has 0 N–H and O–H groups in total. The van der Waals surface area contributed by atoms with E-state index in [0.29, 0.717) is 25.2 Å². The van der Waals surface area contributed by atoms with Crippen LogP contribution in [0.4, 0.5) is 13.2 Å². The average Bonchev–Trinajstić information content (AvgIpc) is 2.34. The summed E-state index contributed by atoms with van der Waals surface area (Å²) in [4.78, 5) is 1.74. The Morgan fingerprint density at radius 3 is 2.11 bits per heavy atom. The first-order valence-corrected chi connectivity index (χ1v) is 5.91. The molecular formula is C13H13F3N2. The Bertz CT molecular complexity index is 453. The van der Waals surface area contributed by atoms with Crippen LogP contribution in [0.25, 0.3) is 0 Å². The van der Waals surface area contributed by atoms with Gasteiger partial charge in [0.25, 0.3) is 0 Å². The zero-order chi connectivity index (χ0) is 13.1. The van der Waals surface area contributed by atoms with Crippen molar-refractivity contribution in [3.05, 3.63) is 35.1 Å². The maximum atomic E-state index is 13.6. The summed E-state index contributed by atoms with van der Waals surface area (Å²) in [7, 11) is 0. The molecule has 1 aliphatic rings. The third-order valence-electron chi connectivity index (χ3n) is 3.20. The minimum absolute atomic E-state index is 0.346. The predicted octanol–water partition coefficient (Wildman–Crippen LogP) is 3.15. The number of nitrogens with zero attached hydrogens (tertiary/aromatic N) is 2. The normalized spacial score (nSPS) is 18.3. The van der Waals surface area contributed by atoms with E-state index in [2.05, 4.69) is 0 Å². The molecule has 5 heteroatoms. The van der Waals surface area contributed by atoms with E-state index >= 15 is 0 Å². The summed E-state index contributed by atoms with van der Waals surface area (Å²) in [6, 6.07) is 2.17. The van der Waals surface area contributed by atoms with Crippen LogP contribution in [0.2, 0.25) is 0 Å². The molecule has 2 nitrogen and oxygen atoms in total. The molecule has 1 aliphatic heterocycles. The highest BCUT2D eigenvalue weighted by molar-refractivity contribution is 5.28. The molecule has 0 aromatic heterocycles. The van der Waals surface area contributed by atoms with Gasteiger partial charge in [-0.25, -0.2) is 13.2 Å². The van der Waals surface area contributed by atoms with Crippen LogP contribution in [0.5, 0.6) is 0 Å². The number of rotatable bonds is 2. The first kappa shape index (κ1) is 12.9. The monoisotopic (exact) mass is 254 g/mol. The molecule has 2 rings (SSSR count). The van der Waals surface area contributed by atoms with Gasteiger partial charge in [-0.05, 0) is 25.9 Å². The summed E-state index contributed by atoms with van der Waals surface area (Å²) in [5, 5.41) is 9.13. The standard InChI is InChI=1S/C13H13F3N2/c14-9-6-10(15)13(11(16)7-9)12(8-17)18-4-2-1-3-5-18/h6-7,12H,1-5H2. The summed E-state index contributed by atoms with van der Waals surface area (Å²) < 4.78 is 40.1. The van der Waals surface area contributed by atoms with Gasteiger partial charge in [-0.2, -0.15) is 5.26 Å². The van der Waals surface area contributed by atoms with Crippen molar-refractivity contribution in [1.29, 1.82) is 5.26 Å². The van der Waals surface area contributed by atoms with Crippen LogP contribution in [0.3, 0.4) is 0 Å². The molecule has 0 saturated carbocycles. The number of benzene rings is 1. The maximum Gasteiger partial charge on any atom is 0.134 e. The van der Waals surface area contributed by atoms with Crippen LogP contribution in [0.1, 0.15) is 30.9 Å². The van der Waals surface area contributed by atoms with Crippen LogP contribution in [0, 0.1) is 28.8 Å². The average molecular weight is 254 g/mol. The molecular weight excluding hydrogens is 241 g/mol. The highest BCUT2D eigenvalue weighted by atomic mass is 19.1. The van der Waals surface area contributed by atoms with Crippen molar-refractivity contribution < 1.29 is 13.2 Å². The van der Waals surface area contributed by atoms with Crippen LogP contribution >= 0.6 is 0 Å². The lowest BCUT2D eigenvalue weighted by Crippen LogP contribution is -2.34. The minimum atomic E-state index is -0.996. The van der Waals surface area contributed by atoms with Crippen LogP contribution in [0.15, 0.2) is 12.1 Å². The smallest absolute Gasteiger partial charge is 0.134 e. The third-order valence-corrected chi connectivity index (χ3v) is 3.20. The lowest BCUT2D eigenvalue weighted by atomic mass is 10.0. The largest absolute Gasteiger partial charge is 0.284 e. The van der Waals surface area contributed by atoms with Crippen molar-refractivity contribution >= 4 is 0 Å². The number of hydrogen-bond acceptors (Lipinski definition) is 2. The van der Waals surface area contributed by atoms with Gasteiger partial charge >= 0.3 is 0 Å². The summed E-state index contributed by atoms with van der Waals surface area (Å²) in [6.07, 6.45) is 2.87. The van der Waals surface area contributed by atoms with E-state index in [1.54, 1.807) is 4.90 Å². The van der Waals surface area contributed by atoms with Gasteiger partial charge in [0.15, 0.2) is 0 Å². The fraction of sp³-hybridized carbons (Fsp3) is 0.462. The Labute approximate surface area is 104 Å². The Kier molecular flexibility index (Phi) is 3.87. The highest BCUT2D eigenvalue weighted by Crippen LogP contribution is 2.28. The van der Waals surface area contributed by atoms with Gasteiger partial charge in [0.2, 0.25) is 0 Å². The van der Waals surface area contributed by atoms with Crippen molar-refractivity contribution in [1.82, 2.24) is 4.90 Å². The number of piperidine rings is 1. The molecule has 0 aliphatic carbocycles. The molecule has 1 fully saturated rings. The van der Waals surface area contributed by atoms with Crippen molar-refractivity contribution in [3.63, 3.8) is 0 Å². The van der Waals surface area contributed by atoms with Gasteiger partial charge in [0.1, 0.15) is 23.5 Å². The zero-order valence-corrected chi connectivity index (χ0v) is 9.80. The second-order valence-electron chi connectivity index (χ2n) is 4.41. The Morgan fingerprint density at radius 2 is 1.61 bits per heavy atom. The van der Waals surface area contributed by atoms with Crippen molar-refractivity contribution in [3.8, 4) is 6.07 Å².